The quantitative estimate of drug-likeness (QED) is 0.418. The maximum atomic E-state index is 13.9. The Labute approximate surface area is 216 Å². The topological polar surface area (TPSA) is 133 Å². The molecular weight excluding hydrogens is 500 g/mol. The van der Waals surface area contributed by atoms with Crippen LogP contribution < -0.4 is 15.0 Å². The molecule has 0 spiro atoms. The number of fused-ring (bicyclic) bond motifs is 2. The lowest BCUT2D eigenvalue weighted by Gasteiger charge is -2.30. The smallest absolute Gasteiger partial charge is 0.325 e. The number of benzene rings is 3. The monoisotopic (exact) mass is 522 g/mol. The van der Waals surface area contributed by atoms with Crippen molar-refractivity contribution in [1.82, 2.24) is 5.32 Å². The Hall–Kier alpha value is -3.95. The van der Waals surface area contributed by atoms with E-state index < -0.39 is 53.6 Å². The molecule has 0 aromatic heterocycles. The van der Waals surface area contributed by atoms with Gasteiger partial charge < -0.3 is 14.9 Å². The Kier molecular flexibility index (Phi) is 5.92. The average Bonchev–Trinajstić information content (AvgIpc) is 3.33. The van der Waals surface area contributed by atoms with Crippen LogP contribution in [0, 0.1) is 18.8 Å². The van der Waals surface area contributed by atoms with Crippen molar-refractivity contribution in [2.45, 2.75) is 24.9 Å². The fraction of sp³-hybridized carbons (Fsp3) is 0.259. The Morgan fingerprint density at radius 3 is 2.38 bits per heavy atom. The Morgan fingerprint density at radius 2 is 1.76 bits per heavy atom. The summed E-state index contributed by atoms with van der Waals surface area (Å²) in [5.74, 6) is -6.39. The molecule has 2 aliphatic rings. The van der Waals surface area contributed by atoms with Crippen LogP contribution >= 0.6 is 11.6 Å². The van der Waals surface area contributed by atoms with Crippen molar-refractivity contribution < 1.29 is 34.1 Å². The van der Waals surface area contributed by atoms with Crippen molar-refractivity contribution in [2.75, 3.05) is 12.0 Å². The number of methoxy groups -OCH3 is 1. The number of carbonyl (C=O) groups is 4. The van der Waals surface area contributed by atoms with Crippen LogP contribution in [0.4, 0.5) is 5.69 Å². The molecule has 3 N–H and O–H groups in total. The lowest BCUT2D eigenvalue weighted by atomic mass is 9.77. The first kappa shape index (κ1) is 24.7. The van der Waals surface area contributed by atoms with Crippen molar-refractivity contribution in [3.8, 4) is 5.75 Å². The van der Waals surface area contributed by atoms with Gasteiger partial charge in [-0.05, 0) is 41.6 Å². The van der Waals surface area contributed by atoms with Gasteiger partial charge in [0.05, 0.1) is 31.1 Å². The predicted octanol–water partition coefficient (Wildman–Crippen LogP) is 3.56. The lowest BCUT2D eigenvalue weighted by molar-refractivity contribution is -0.154. The van der Waals surface area contributed by atoms with Gasteiger partial charge >= 0.3 is 11.9 Å². The van der Waals surface area contributed by atoms with Gasteiger partial charge in [0, 0.05) is 16.5 Å². The zero-order valence-electron chi connectivity index (χ0n) is 19.9. The van der Waals surface area contributed by atoms with E-state index in [4.69, 9.17) is 16.3 Å². The van der Waals surface area contributed by atoms with Gasteiger partial charge in [-0.1, -0.05) is 48.0 Å². The molecule has 37 heavy (non-hydrogen) atoms. The van der Waals surface area contributed by atoms with Gasteiger partial charge in [-0.15, -0.1) is 0 Å². The van der Waals surface area contributed by atoms with E-state index in [0.717, 1.165) is 15.8 Å². The molecule has 4 atom stereocenters. The summed E-state index contributed by atoms with van der Waals surface area (Å²) in [5, 5.41) is 24.6. The van der Waals surface area contributed by atoms with Gasteiger partial charge in [-0.25, -0.2) is 4.90 Å². The Morgan fingerprint density at radius 1 is 1.05 bits per heavy atom. The van der Waals surface area contributed by atoms with Gasteiger partial charge in [-0.2, -0.15) is 0 Å². The van der Waals surface area contributed by atoms with E-state index in [-0.39, 0.29) is 5.69 Å². The third kappa shape index (κ3) is 3.65. The molecule has 3 aromatic rings. The highest BCUT2D eigenvalue weighted by Gasteiger charge is 2.69. The number of carbonyl (C=O) groups excluding carboxylic acids is 2. The molecule has 9 nitrogen and oxygen atoms in total. The van der Waals surface area contributed by atoms with Crippen molar-refractivity contribution >= 4 is 51.8 Å². The molecule has 5 rings (SSSR count). The number of halogens is 1. The van der Waals surface area contributed by atoms with Gasteiger partial charge in [-0.3, -0.25) is 24.5 Å². The largest absolute Gasteiger partial charge is 0.496 e. The van der Waals surface area contributed by atoms with Crippen LogP contribution in [0.5, 0.6) is 5.75 Å². The maximum Gasteiger partial charge on any atom is 0.325 e. The molecular formula is C27H23ClN2O7. The van der Waals surface area contributed by atoms with Crippen molar-refractivity contribution in [2.24, 2.45) is 11.8 Å². The van der Waals surface area contributed by atoms with Crippen LogP contribution in [0.2, 0.25) is 5.02 Å². The molecule has 10 heteroatoms. The number of ether oxygens (including phenoxy) is 1. The summed E-state index contributed by atoms with van der Waals surface area (Å²) in [6.07, 6.45) is -0.893. The van der Waals surface area contributed by atoms with Gasteiger partial charge in [0.25, 0.3) is 0 Å². The molecule has 2 saturated heterocycles. The number of nitrogens with zero attached hydrogens (tertiary/aromatic N) is 1. The second kappa shape index (κ2) is 8.86. The zero-order valence-corrected chi connectivity index (χ0v) is 20.7. The summed E-state index contributed by atoms with van der Waals surface area (Å²) in [4.78, 5) is 53.2. The highest BCUT2D eigenvalue weighted by Crippen LogP contribution is 2.52. The fourth-order valence-corrected chi connectivity index (χ4v) is 5.84. The number of carboxylic acids is 2. The van der Waals surface area contributed by atoms with Gasteiger partial charge in [0.15, 0.2) is 0 Å². The predicted molar refractivity (Wildman–Crippen MR) is 135 cm³/mol. The number of nitrogens with one attached hydrogen (secondary N) is 1. The summed E-state index contributed by atoms with van der Waals surface area (Å²) in [5.41, 5.74) is -0.712. The number of aryl methyl sites for hydroxylation is 1. The molecule has 2 amide bonds. The highest BCUT2D eigenvalue weighted by molar-refractivity contribution is 6.32. The second-order valence-electron chi connectivity index (χ2n) is 9.32. The number of rotatable bonds is 6. The number of hydrogen-bond acceptors (Lipinski definition) is 6. The molecule has 2 aliphatic heterocycles. The lowest BCUT2D eigenvalue weighted by Crippen LogP contribution is -2.57. The number of amides is 2. The summed E-state index contributed by atoms with van der Waals surface area (Å²) >= 11 is 6.26. The van der Waals surface area contributed by atoms with Crippen LogP contribution in [0.25, 0.3) is 10.8 Å². The summed E-state index contributed by atoms with van der Waals surface area (Å²) in [6, 6.07) is 14.4. The van der Waals surface area contributed by atoms with Gasteiger partial charge in [0.1, 0.15) is 11.3 Å². The molecule has 4 unspecified atom stereocenters. The van der Waals surface area contributed by atoms with Crippen molar-refractivity contribution in [1.29, 1.82) is 0 Å². The fourth-order valence-electron chi connectivity index (χ4n) is 5.66. The van der Waals surface area contributed by atoms with Crippen LogP contribution in [-0.2, 0) is 19.2 Å². The molecule has 0 aliphatic carbocycles. The average molecular weight is 523 g/mol. The summed E-state index contributed by atoms with van der Waals surface area (Å²) in [6.45, 7) is 1.77. The number of hydrogen-bond donors (Lipinski definition) is 3. The highest BCUT2D eigenvalue weighted by atomic mass is 35.5. The molecule has 190 valence electrons. The number of imide groups is 1. The zero-order chi connectivity index (χ0) is 26.6. The first-order valence-corrected chi connectivity index (χ1v) is 11.9. The molecule has 2 fully saturated rings. The van der Waals surface area contributed by atoms with E-state index in [9.17, 15) is 29.4 Å². The van der Waals surface area contributed by atoms with E-state index in [1.807, 2.05) is 12.1 Å². The van der Waals surface area contributed by atoms with Crippen LogP contribution in [-0.4, -0.2) is 46.6 Å². The maximum absolute atomic E-state index is 13.9. The Balaban J connectivity index is 1.72. The van der Waals surface area contributed by atoms with Crippen LogP contribution in [0.15, 0.2) is 54.6 Å². The third-order valence-corrected chi connectivity index (χ3v) is 7.76. The van der Waals surface area contributed by atoms with E-state index in [1.54, 1.807) is 43.3 Å². The van der Waals surface area contributed by atoms with E-state index in [2.05, 4.69) is 5.32 Å². The van der Waals surface area contributed by atoms with E-state index >= 15 is 0 Å². The molecule has 3 aromatic carbocycles. The van der Waals surface area contributed by atoms with Crippen LogP contribution in [0.3, 0.4) is 0 Å². The summed E-state index contributed by atoms with van der Waals surface area (Å²) in [7, 11) is 1.53. The first-order valence-electron chi connectivity index (χ1n) is 11.5. The standard InChI is InChI=1S/C27H23ClN2O7/c1-13-7-8-14(11-18(13)28)30-24(33)21-22(25(30)34)27(26(35)36,12-20(31)32)29-23(21)17-9-10-19(37-2)16-6-4-3-5-15(16)17/h3-11,21-23,29H,12H2,1-2H3,(H,31,32)(H,35,36). The van der Waals surface area contributed by atoms with E-state index in [0.29, 0.717) is 21.7 Å². The Bertz CT molecular complexity index is 1490. The minimum absolute atomic E-state index is 0.202. The number of anilines is 1. The van der Waals surface area contributed by atoms with E-state index in [1.165, 1.54) is 13.2 Å². The number of aliphatic carboxylic acids is 2. The van der Waals surface area contributed by atoms with Crippen LogP contribution in [0.1, 0.15) is 23.6 Å². The van der Waals surface area contributed by atoms with Crippen molar-refractivity contribution in [3.63, 3.8) is 0 Å². The molecule has 0 saturated carbocycles. The third-order valence-electron chi connectivity index (χ3n) is 7.35. The number of carboxylic acid groups (broad SMARTS) is 2. The normalized spacial score (nSPS) is 24.9. The van der Waals surface area contributed by atoms with Gasteiger partial charge in [0.2, 0.25) is 11.8 Å². The minimum atomic E-state index is -2.21. The van der Waals surface area contributed by atoms with Crippen molar-refractivity contribution in [3.05, 3.63) is 70.7 Å². The second-order valence-corrected chi connectivity index (χ2v) is 9.73. The molecule has 0 bridgehead atoms. The molecule has 2 heterocycles. The SMILES string of the molecule is COc1ccc(C2NC(CC(=O)O)(C(=O)O)C3C(=O)N(c4ccc(C)c(Cl)c4)C(=O)C23)c2ccccc12. The molecule has 0 radical (unpaired) electrons. The summed E-state index contributed by atoms with van der Waals surface area (Å²) < 4.78 is 5.46. The first-order chi connectivity index (χ1) is 17.6. The minimum Gasteiger partial charge on any atom is -0.496 e.